The van der Waals surface area contributed by atoms with Crippen LogP contribution in [0.2, 0.25) is 0 Å². The molecular weight excluding hydrogens is 414 g/mol. The Morgan fingerprint density at radius 3 is 2.87 bits per heavy atom. The van der Waals surface area contributed by atoms with Gasteiger partial charge in [0, 0.05) is 24.5 Å². The van der Waals surface area contributed by atoms with Gasteiger partial charge in [-0.2, -0.15) is 0 Å². The Morgan fingerprint density at radius 2 is 2.10 bits per heavy atom. The summed E-state index contributed by atoms with van der Waals surface area (Å²) in [6.45, 7) is 0.976. The number of hydrogen-bond donors (Lipinski definition) is 1. The number of aliphatic carboxylic acids is 1. The van der Waals surface area contributed by atoms with E-state index >= 15 is 0 Å². The van der Waals surface area contributed by atoms with Crippen molar-refractivity contribution >= 4 is 23.6 Å². The first-order chi connectivity index (χ1) is 14.9. The number of aromatic nitrogens is 2. The first-order valence-electron chi connectivity index (χ1n) is 10.0. The lowest BCUT2D eigenvalue weighted by Gasteiger charge is -2.24. The molecule has 0 aliphatic carbocycles. The molecule has 2 atom stereocenters. The average Bonchev–Trinajstić information content (AvgIpc) is 3.44. The average molecular weight is 434 g/mol. The molecule has 0 bridgehead atoms. The second-order valence-electron chi connectivity index (χ2n) is 7.68. The molecule has 4 heterocycles. The van der Waals surface area contributed by atoms with Crippen LogP contribution in [0, 0.1) is 0 Å². The van der Waals surface area contributed by atoms with E-state index in [4.69, 9.17) is 9.47 Å². The van der Waals surface area contributed by atoms with E-state index in [0.717, 1.165) is 17.0 Å². The van der Waals surface area contributed by atoms with Gasteiger partial charge >= 0.3 is 12.1 Å². The van der Waals surface area contributed by atoms with E-state index in [1.165, 1.54) is 0 Å². The molecule has 1 unspecified atom stereocenters. The summed E-state index contributed by atoms with van der Waals surface area (Å²) in [6.07, 6.45) is -0.684. The molecule has 2 saturated heterocycles. The zero-order valence-corrected chi connectivity index (χ0v) is 16.4. The van der Waals surface area contributed by atoms with E-state index in [-0.39, 0.29) is 12.4 Å². The fourth-order valence-electron chi connectivity index (χ4n) is 4.37. The number of benzene rings is 1. The molecule has 31 heavy (non-hydrogen) atoms. The van der Waals surface area contributed by atoms with E-state index in [2.05, 4.69) is 4.98 Å². The van der Waals surface area contributed by atoms with Gasteiger partial charge in [0.1, 0.15) is 36.9 Å². The number of ether oxygens (including phenoxy) is 2. The highest BCUT2D eigenvalue weighted by atomic mass is 19.3. The molecule has 3 aliphatic rings. The van der Waals surface area contributed by atoms with Crippen LogP contribution < -0.4 is 14.5 Å². The lowest BCUT2D eigenvalue weighted by atomic mass is 10.1. The molecular formula is C20H20F2N4O5. The third kappa shape index (κ3) is 3.24. The molecule has 9 nitrogen and oxygen atoms in total. The van der Waals surface area contributed by atoms with Crippen molar-refractivity contribution in [2.24, 2.45) is 0 Å². The van der Waals surface area contributed by atoms with Crippen molar-refractivity contribution in [2.75, 3.05) is 29.6 Å². The van der Waals surface area contributed by atoms with Crippen LogP contribution >= 0.6 is 0 Å². The van der Waals surface area contributed by atoms with Gasteiger partial charge in [-0.25, -0.2) is 28.3 Å². The molecule has 1 aromatic carbocycles. The highest BCUT2D eigenvalue weighted by molar-refractivity contribution is 5.90. The van der Waals surface area contributed by atoms with Gasteiger partial charge in [0.25, 0.3) is 6.43 Å². The standard InChI is InChI=1S/C20H20F2N4O5/c21-17(22)14-10-31-20(29)26(14)16-9-24-6-7-30-15-8-11(3-4-12(15)18(24)23-16)25-5-1-2-13(25)19(27)28/h3-4,8-9,13-14,17H,1-2,5-7,10H2,(H,27,28)/t13-,14?/m0/s1. The molecule has 0 spiro atoms. The number of cyclic esters (lactones) is 1. The summed E-state index contributed by atoms with van der Waals surface area (Å²) in [5.41, 5.74) is 1.38. The quantitative estimate of drug-likeness (QED) is 0.790. The predicted octanol–water partition coefficient (Wildman–Crippen LogP) is 2.59. The van der Waals surface area contributed by atoms with Gasteiger partial charge in [0.05, 0.1) is 12.1 Å². The number of alkyl halides is 2. The van der Waals surface area contributed by atoms with Gasteiger partial charge in [-0.05, 0) is 25.0 Å². The van der Waals surface area contributed by atoms with E-state index < -0.39 is 30.6 Å². The largest absolute Gasteiger partial charge is 0.491 e. The van der Waals surface area contributed by atoms with E-state index in [0.29, 0.717) is 43.3 Å². The Kier molecular flexibility index (Phi) is 4.67. The maximum atomic E-state index is 13.3. The number of imidazole rings is 1. The molecule has 2 aromatic rings. The molecule has 11 heteroatoms. The van der Waals surface area contributed by atoms with Gasteiger partial charge < -0.3 is 24.0 Å². The minimum absolute atomic E-state index is 0.102. The fraction of sp³-hybridized carbons (Fsp3) is 0.450. The topological polar surface area (TPSA) is 97.1 Å². The lowest BCUT2D eigenvalue weighted by Crippen LogP contribution is -2.38. The monoisotopic (exact) mass is 434 g/mol. The van der Waals surface area contributed by atoms with Crippen LogP contribution in [0.5, 0.6) is 5.75 Å². The summed E-state index contributed by atoms with van der Waals surface area (Å²) in [4.78, 5) is 30.8. The molecule has 1 N–H and O–H groups in total. The molecule has 2 fully saturated rings. The molecule has 164 valence electrons. The molecule has 0 saturated carbocycles. The number of nitrogens with zero attached hydrogens (tertiary/aromatic N) is 4. The Hall–Kier alpha value is -3.37. The number of carbonyl (C=O) groups is 2. The number of carboxylic acid groups (broad SMARTS) is 1. The number of halogens is 2. The Balaban J connectivity index is 1.51. The van der Waals surface area contributed by atoms with Crippen LogP contribution in [0.3, 0.4) is 0 Å². The second kappa shape index (κ2) is 7.40. The van der Waals surface area contributed by atoms with Crippen molar-refractivity contribution < 1.29 is 33.0 Å². The van der Waals surface area contributed by atoms with Crippen LogP contribution in [0.25, 0.3) is 11.4 Å². The van der Waals surface area contributed by atoms with Crippen molar-refractivity contribution in [1.29, 1.82) is 0 Å². The number of hydrogen-bond acceptors (Lipinski definition) is 6. The van der Waals surface area contributed by atoms with Gasteiger partial charge in [0.2, 0.25) is 0 Å². The molecule has 1 aromatic heterocycles. The van der Waals surface area contributed by atoms with Crippen LogP contribution in [0.4, 0.5) is 25.1 Å². The summed E-state index contributed by atoms with van der Waals surface area (Å²) in [7, 11) is 0. The highest BCUT2D eigenvalue weighted by Gasteiger charge is 2.42. The van der Waals surface area contributed by atoms with Gasteiger partial charge in [0.15, 0.2) is 5.82 Å². The van der Waals surface area contributed by atoms with Crippen molar-refractivity contribution in [1.82, 2.24) is 9.55 Å². The summed E-state index contributed by atoms with van der Waals surface area (Å²) >= 11 is 0. The number of amides is 1. The third-order valence-electron chi connectivity index (χ3n) is 5.87. The van der Waals surface area contributed by atoms with Crippen molar-refractivity contribution in [3.63, 3.8) is 0 Å². The predicted molar refractivity (Wildman–Crippen MR) is 105 cm³/mol. The third-order valence-corrected chi connectivity index (χ3v) is 5.87. The van der Waals surface area contributed by atoms with Crippen LogP contribution in [0.15, 0.2) is 24.4 Å². The van der Waals surface area contributed by atoms with Gasteiger partial charge in [-0.15, -0.1) is 0 Å². The maximum Gasteiger partial charge on any atom is 0.416 e. The highest BCUT2D eigenvalue weighted by Crippen LogP contribution is 2.38. The Bertz CT molecular complexity index is 1040. The normalized spacial score (nSPS) is 22.7. The molecule has 3 aliphatic heterocycles. The summed E-state index contributed by atoms with van der Waals surface area (Å²) < 4.78 is 39.1. The van der Waals surface area contributed by atoms with Gasteiger partial charge in [-0.1, -0.05) is 0 Å². The first kappa shape index (κ1) is 19.6. The van der Waals surface area contributed by atoms with Crippen LogP contribution in [0.1, 0.15) is 12.8 Å². The minimum atomic E-state index is -2.76. The number of fused-ring (bicyclic) bond motifs is 3. The van der Waals surface area contributed by atoms with Crippen LogP contribution in [-0.2, 0) is 16.1 Å². The molecule has 0 radical (unpaired) electrons. The van der Waals surface area contributed by atoms with Crippen molar-refractivity contribution in [3.8, 4) is 17.1 Å². The van der Waals surface area contributed by atoms with Crippen LogP contribution in [-0.4, -0.2) is 65.0 Å². The van der Waals surface area contributed by atoms with E-state index in [1.807, 2.05) is 4.90 Å². The number of carboxylic acids is 1. The van der Waals surface area contributed by atoms with Crippen molar-refractivity contribution in [3.05, 3.63) is 24.4 Å². The summed E-state index contributed by atoms with van der Waals surface area (Å²) in [5.74, 6) is 0.252. The number of rotatable bonds is 4. The zero-order valence-electron chi connectivity index (χ0n) is 16.4. The maximum absolute atomic E-state index is 13.3. The fourth-order valence-corrected chi connectivity index (χ4v) is 4.37. The summed E-state index contributed by atoms with van der Waals surface area (Å²) in [5, 5.41) is 9.46. The molecule has 1 amide bonds. The molecule has 5 rings (SSSR count). The van der Waals surface area contributed by atoms with E-state index in [1.54, 1.807) is 29.0 Å². The first-order valence-corrected chi connectivity index (χ1v) is 10.0. The SMILES string of the molecule is O=C(O)[C@@H]1CCCN1c1ccc2c(c1)OCCn1cc(N3C(=O)OCC3C(F)F)nc1-2. The number of anilines is 2. The lowest BCUT2D eigenvalue weighted by molar-refractivity contribution is -0.138. The van der Waals surface area contributed by atoms with Crippen molar-refractivity contribution in [2.45, 2.75) is 37.9 Å². The van der Waals surface area contributed by atoms with E-state index in [9.17, 15) is 23.5 Å². The summed E-state index contributed by atoms with van der Waals surface area (Å²) in [6, 6.07) is 3.41. The smallest absolute Gasteiger partial charge is 0.416 e. The Labute approximate surface area is 175 Å². The van der Waals surface area contributed by atoms with Gasteiger partial charge in [-0.3, -0.25) is 0 Å². The zero-order chi connectivity index (χ0) is 21.7. The number of carbonyl (C=O) groups excluding carboxylic acids is 1. The second-order valence-corrected chi connectivity index (χ2v) is 7.68. The minimum Gasteiger partial charge on any atom is -0.491 e. The Morgan fingerprint density at radius 1 is 1.26 bits per heavy atom.